The van der Waals surface area contributed by atoms with Crippen molar-refractivity contribution in [2.75, 3.05) is 20.8 Å². The molecule has 0 bridgehead atoms. The predicted molar refractivity (Wildman–Crippen MR) is 65.4 cm³/mol. The van der Waals surface area contributed by atoms with Gasteiger partial charge in [0.15, 0.2) is 11.5 Å². The Labute approximate surface area is 96.6 Å². The standard InChI is InChI=1S/C13H18O3/c1-5-7-10-8-12(14-3)13(15-4)9-11(10)16-6-2/h5,7-9H,6H2,1-4H3/b7-5+. The number of methoxy groups -OCH3 is 2. The van der Waals surface area contributed by atoms with Gasteiger partial charge in [-0.1, -0.05) is 12.2 Å². The van der Waals surface area contributed by atoms with E-state index in [0.717, 1.165) is 11.3 Å². The van der Waals surface area contributed by atoms with Gasteiger partial charge in [-0.15, -0.1) is 0 Å². The minimum absolute atomic E-state index is 0.625. The number of ether oxygens (including phenoxy) is 3. The normalized spacial score (nSPS) is 10.5. The first kappa shape index (κ1) is 12.4. The van der Waals surface area contributed by atoms with Crippen molar-refractivity contribution in [2.45, 2.75) is 13.8 Å². The second kappa shape index (κ2) is 6.05. The van der Waals surface area contributed by atoms with Gasteiger partial charge in [-0.3, -0.25) is 0 Å². The van der Waals surface area contributed by atoms with E-state index in [9.17, 15) is 0 Å². The summed E-state index contributed by atoms with van der Waals surface area (Å²) in [7, 11) is 3.24. The van der Waals surface area contributed by atoms with E-state index in [1.807, 2.05) is 38.1 Å². The van der Waals surface area contributed by atoms with Crippen LogP contribution in [0.4, 0.5) is 0 Å². The molecule has 1 rings (SSSR count). The van der Waals surface area contributed by atoms with Crippen molar-refractivity contribution < 1.29 is 14.2 Å². The molecule has 1 aromatic rings. The first-order valence-corrected chi connectivity index (χ1v) is 5.28. The fourth-order valence-corrected chi connectivity index (χ4v) is 1.47. The molecule has 0 aliphatic carbocycles. The van der Waals surface area contributed by atoms with Gasteiger partial charge in [-0.25, -0.2) is 0 Å². The van der Waals surface area contributed by atoms with Crippen LogP contribution in [-0.4, -0.2) is 20.8 Å². The summed E-state index contributed by atoms with van der Waals surface area (Å²) in [5.41, 5.74) is 0.988. The topological polar surface area (TPSA) is 27.7 Å². The van der Waals surface area contributed by atoms with Gasteiger partial charge in [0.1, 0.15) is 5.75 Å². The lowest BCUT2D eigenvalue weighted by Gasteiger charge is -2.13. The van der Waals surface area contributed by atoms with Gasteiger partial charge >= 0.3 is 0 Å². The molecule has 0 saturated carbocycles. The van der Waals surface area contributed by atoms with Crippen LogP contribution in [0, 0.1) is 0 Å². The molecule has 0 radical (unpaired) electrons. The molecule has 0 atom stereocenters. The molecule has 3 heteroatoms. The molecule has 0 aliphatic heterocycles. The summed E-state index contributed by atoms with van der Waals surface area (Å²) in [6.07, 6.45) is 3.94. The van der Waals surface area contributed by atoms with Crippen molar-refractivity contribution in [3.8, 4) is 17.2 Å². The lowest BCUT2D eigenvalue weighted by Crippen LogP contribution is -1.97. The Balaban J connectivity index is 3.23. The van der Waals surface area contributed by atoms with Crippen LogP contribution in [0.25, 0.3) is 6.08 Å². The zero-order valence-corrected chi connectivity index (χ0v) is 10.2. The zero-order chi connectivity index (χ0) is 12.0. The van der Waals surface area contributed by atoms with E-state index in [1.54, 1.807) is 14.2 Å². The summed E-state index contributed by atoms with van der Waals surface area (Å²) in [4.78, 5) is 0. The fraction of sp³-hybridized carbons (Fsp3) is 0.385. The Hall–Kier alpha value is -1.64. The van der Waals surface area contributed by atoms with Crippen molar-refractivity contribution >= 4 is 6.08 Å². The molecular weight excluding hydrogens is 204 g/mol. The van der Waals surface area contributed by atoms with Gasteiger partial charge in [0, 0.05) is 11.6 Å². The van der Waals surface area contributed by atoms with Crippen molar-refractivity contribution in [1.29, 1.82) is 0 Å². The number of allylic oxidation sites excluding steroid dienone is 1. The van der Waals surface area contributed by atoms with E-state index in [0.29, 0.717) is 18.1 Å². The average Bonchev–Trinajstić information content (AvgIpc) is 2.31. The van der Waals surface area contributed by atoms with Crippen LogP contribution in [0.3, 0.4) is 0 Å². The van der Waals surface area contributed by atoms with Gasteiger partial charge < -0.3 is 14.2 Å². The molecule has 16 heavy (non-hydrogen) atoms. The molecule has 0 saturated heterocycles. The number of rotatable bonds is 5. The molecule has 0 heterocycles. The number of hydrogen-bond donors (Lipinski definition) is 0. The summed E-state index contributed by atoms with van der Waals surface area (Å²) >= 11 is 0. The molecule has 0 fully saturated rings. The van der Waals surface area contributed by atoms with E-state index in [2.05, 4.69) is 0 Å². The van der Waals surface area contributed by atoms with E-state index in [-0.39, 0.29) is 0 Å². The monoisotopic (exact) mass is 222 g/mol. The highest BCUT2D eigenvalue weighted by Crippen LogP contribution is 2.35. The van der Waals surface area contributed by atoms with E-state index in [4.69, 9.17) is 14.2 Å². The molecule has 0 aliphatic rings. The van der Waals surface area contributed by atoms with Crippen molar-refractivity contribution in [3.05, 3.63) is 23.8 Å². The van der Waals surface area contributed by atoms with Gasteiger partial charge in [0.05, 0.1) is 20.8 Å². The summed E-state index contributed by atoms with van der Waals surface area (Å²) in [6, 6.07) is 3.75. The summed E-state index contributed by atoms with van der Waals surface area (Å²) < 4.78 is 16.0. The summed E-state index contributed by atoms with van der Waals surface area (Å²) in [5, 5.41) is 0. The lowest BCUT2D eigenvalue weighted by atomic mass is 10.1. The molecule has 0 aromatic heterocycles. The first-order valence-electron chi connectivity index (χ1n) is 5.28. The second-order valence-electron chi connectivity index (χ2n) is 3.18. The number of benzene rings is 1. The zero-order valence-electron chi connectivity index (χ0n) is 10.2. The molecule has 0 unspecified atom stereocenters. The molecular formula is C13H18O3. The van der Waals surface area contributed by atoms with Crippen LogP contribution in [0.5, 0.6) is 17.2 Å². The van der Waals surface area contributed by atoms with Gasteiger partial charge in [0.2, 0.25) is 0 Å². The van der Waals surface area contributed by atoms with E-state index < -0.39 is 0 Å². The highest BCUT2D eigenvalue weighted by atomic mass is 16.5. The average molecular weight is 222 g/mol. The predicted octanol–water partition coefficient (Wildman–Crippen LogP) is 3.14. The first-order chi connectivity index (χ1) is 7.76. The largest absolute Gasteiger partial charge is 0.493 e. The van der Waals surface area contributed by atoms with Crippen molar-refractivity contribution in [3.63, 3.8) is 0 Å². The van der Waals surface area contributed by atoms with Crippen LogP contribution in [0.15, 0.2) is 18.2 Å². The Bertz CT molecular complexity index is 370. The third kappa shape index (κ3) is 2.69. The Morgan fingerprint density at radius 1 is 1.06 bits per heavy atom. The smallest absolute Gasteiger partial charge is 0.164 e. The lowest BCUT2D eigenvalue weighted by molar-refractivity contribution is 0.327. The van der Waals surface area contributed by atoms with Crippen LogP contribution in [-0.2, 0) is 0 Å². The highest BCUT2D eigenvalue weighted by Gasteiger charge is 2.09. The summed E-state index contributed by atoms with van der Waals surface area (Å²) in [6.45, 7) is 4.54. The Morgan fingerprint density at radius 2 is 1.69 bits per heavy atom. The van der Waals surface area contributed by atoms with E-state index >= 15 is 0 Å². The minimum atomic E-state index is 0.625. The van der Waals surface area contributed by atoms with Gasteiger partial charge in [0.25, 0.3) is 0 Å². The molecule has 3 nitrogen and oxygen atoms in total. The Kier molecular flexibility index (Phi) is 4.70. The quantitative estimate of drug-likeness (QED) is 0.766. The van der Waals surface area contributed by atoms with Crippen molar-refractivity contribution in [1.82, 2.24) is 0 Å². The molecule has 0 spiro atoms. The van der Waals surface area contributed by atoms with Crippen LogP contribution >= 0.6 is 0 Å². The maximum Gasteiger partial charge on any atom is 0.164 e. The summed E-state index contributed by atoms with van der Waals surface area (Å²) in [5.74, 6) is 2.19. The van der Waals surface area contributed by atoms with Crippen LogP contribution < -0.4 is 14.2 Å². The van der Waals surface area contributed by atoms with Gasteiger partial charge in [-0.05, 0) is 19.9 Å². The maximum atomic E-state index is 5.54. The van der Waals surface area contributed by atoms with E-state index in [1.165, 1.54) is 0 Å². The van der Waals surface area contributed by atoms with Crippen LogP contribution in [0.1, 0.15) is 19.4 Å². The molecule has 0 amide bonds. The Morgan fingerprint density at radius 3 is 2.19 bits per heavy atom. The SMILES string of the molecule is C/C=C/c1cc(OC)c(OC)cc1OCC. The molecule has 0 N–H and O–H groups in total. The third-order valence-electron chi connectivity index (χ3n) is 2.16. The van der Waals surface area contributed by atoms with Gasteiger partial charge in [-0.2, -0.15) is 0 Å². The molecule has 88 valence electrons. The van der Waals surface area contributed by atoms with Crippen LogP contribution in [0.2, 0.25) is 0 Å². The number of hydrogen-bond acceptors (Lipinski definition) is 3. The fourth-order valence-electron chi connectivity index (χ4n) is 1.47. The minimum Gasteiger partial charge on any atom is -0.493 e. The second-order valence-corrected chi connectivity index (χ2v) is 3.18. The highest BCUT2D eigenvalue weighted by molar-refractivity contribution is 5.63. The van der Waals surface area contributed by atoms with Crippen molar-refractivity contribution in [2.24, 2.45) is 0 Å². The molecule has 1 aromatic carbocycles. The maximum absolute atomic E-state index is 5.54. The third-order valence-corrected chi connectivity index (χ3v) is 2.16.